The first-order chi connectivity index (χ1) is 9.45. The Hall–Kier alpha value is -0.910. The van der Waals surface area contributed by atoms with E-state index in [1.54, 1.807) is 12.1 Å². The fraction of sp³-hybridized carbons (Fsp3) is 0.600. The van der Waals surface area contributed by atoms with E-state index in [-0.39, 0.29) is 11.4 Å². The van der Waals surface area contributed by atoms with Crippen LogP contribution in [0.3, 0.4) is 0 Å². The molecule has 20 heavy (non-hydrogen) atoms. The van der Waals surface area contributed by atoms with Gasteiger partial charge in [0.1, 0.15) is 0 Å². The molecular weight excluding hydrogens is 274 g/mol. The molecule has 1 aliphatic rings. The van der Waals surface area contributed by atoms with Crippen molar-refractivity contribution in [1.82, 2.24) is 4.72 Å². The van der Waals surface area contributed by atoms with Gasteiger partial charge < -0.3 is 5.11 Å². The lowest BCUT2D eigenvalue weighted by Crippen LogP contribution is -2.40. The number of hydrogen-bond acceptors (Lipinski definition) is 3. The van der Waals surface area contributed by atoms with E-state index in [4.69, 9.17) is 0 Å². The van der Waals surface area contributed by atoms with Crippen molar-refractivity contribution in [2.45, 2.75) is 55.9 Å². The Morgan fingerprint density at radius 2 is 1.80 bits per heavy atom. The molecule has 1 aromatic rings. The Labute approximate surface area is 121 Å². The highest BCUT2D eigenvalue weighted by Crippen LogP contribution is 2.29. The zero-order valence-corrected chi connectivity index (χ0v) is 12.7. The number of hydrogen-bond donors (Lipinski definition) is 2. The van der Waals surface area contributed by atoms with E-state index < -0.39 is 15.6 Å². The van der Waals surface area contributed by atoms with E-state index in [9.17, 15) is 13.5 Å². The summed E-state index contributed by atoms with van der Waals surface area (Å²) in [5.41, 5.74) is 0.274. The van der Waals surface area contributed by atoms with Crippen LogP contribution in [-0.4, -0.2) is 25.7 Å². The average molecular weight is 297 g/mol. The van der Waals surface area contributed by atoms with Crippen LogP contribution in [0, 0.1) is 0 Å². The molecule has 0 amide bonds. The van der Waals surface area contributed by atoms with Crippen LogP contribution < -0.4 is 4.72 Å². The van der Waals surface area contributed by atoms with Crippen LogP contribution in [0.5, 0.6) is 0 Å². The third-order valence-electron chi connectivity index (χ3n) is 3.90. The van der Waals surface area contributed by atoms with Crippen molar-refractivity contribution < 1.29 is 13.5 Å². The van der Waals surface area contributed by atoms with Crippen molar-refractivity contribution in [3.05, 3.63) is 29.8 Å². The highest BCUT2D eigenvalue weighted by Gasteiger charge is 2.32. The maximum atomic E-state index is 12.2. The van der Waals surface area contributed by atoms with Crippen LogP contribution in [0.15, 0.2) is 29.2 Å². The molecule has 0 aromatic heterocycles. The summed E-state index contributed by atoms with van der Waals surface area (Å²) in [5.74, 6) is 0. The molecule has 0 unspecified atom stereocenters. The first-order valence-electron chi connectivity index (χ1n) is 7.26. The smallest absolute Gasteiger partial charge is 0.240 e. The van der Waals surface area contributed by atoms with Gasteiger partial charge in [-0.1, -0.05) is 38.3 Å². The third-order valence-corrected chi connectivity index (χ3v) is 5.31. The number of rotatable bonds is 6. The predicted molar refractivity (Wildman–Crippen MR) is 79.0 cm³/mol. The van der Waals surface area contributed by atoms with Crippen LogP contribution in [-0.2, 0) is 16.4 Å². The SMILES string of the molecule is CCCc1ccc(S(=O)(=O)NCC2(O)CCCC2)cc1. The van der Waals surface area contributed by atoms with Gasteiger partial charge >= 0.3 is 0 Å². The molecule has 0 bridgehead atoms. The number of benzene rings is 1. The number of sulfonamides is 1. The summed E-state index contributed by atoms with van der Waals surface area (Å²) in [6.07, 6.45) is 5.26. The van der Waals surface area contributed by atoms with Crippen LogP contribution >= 0.6 is 0 Å². The van der Waals surface area contributed by atoms with Crippen molar-refractivity contribution in [2.24, 2.45) is 0 Å². The first-order valence-corrected chi connectivity index (χ1v) is 8.74. The first kappa shape index (κ1) is 15.5. The van der Waals surface area contributed by atoms with Gasteiger partial charge in [0.25, 0.3) is 0 Å². The molecule has 1 aromatic carbocycles. The van der Waals surface area contributed by atoms with Gasteiger partial charge in [0.05, 0.1) is 10.5 Å². The van der Waals surface area contributed by atoms with Gasteiger partial charge in [-0.3, -0.25) is 0 Å². The Balaban J connectivity index is 2.02. The maximum Gasteiger partial charge on any atom is 0.240 e. The van der Waals surface area contributed by atoms with Gasteiger partial charge in [-0.25, -0.2) is 13.1 Å². The molecule has 1 fully saturated rings. The minimum atomic E-state index is -3.53. The largest absolute Gasteiger partial charge is 0.389 e. The molecule has 2 rings (SSSR count). The molecule has 1 saturated carbocycles. The standard InChI is InChI=1S/C15H23NO3S/c1-2-5-13-6-8-14(9-7-13)20(18,19)16-12-15(17)10-3-4-11-15/h6-9,16-17H,2-5,10-12H2,1H3. The van der Waals surface area contributed by atoms with Crippen molar-refractivity contribution in [3.63, 3.8) is 0 Å². The monoisotopic (exact) mass is 297 g/mol. The molecule has 5 heteroatoms. The maximum absolute atomic E-state index is 12.2. The quantitative estimate of drug-likeness (QED) is 0.846. The molecule has 1 aliphatic carbocycles. The van der Waals surface area contributed by atoms with Gasteiger partial charge in [-0.05, 0) is 37.0 Å². The minimum Gasteiger partial charge on any atom is -0.389 e. The second-order valence-corrected chi connectivity index (χ2v) is 7.42. The van der Waals surface area contributed by atoms with Gasteiger partial charge in [0.2, 0.25) is 10.0 Å². The predicted octanol–water partition coefficient (Wildman–Crippen LogP) is 2.22. The molecule has 112 valence electrons. The van der Waals surface area contributed by atoms with Crippen LogP contribution in [0.2, 0.25) is 0 Å². The molecule has 0 heterocycles. The molecule has 0 radical (unpaired) electrons. The topological polar surface area (TPSA) is 66.4 Å². The summed E-state index contributed by atoms with van der Waals surface area (Å²) in [7, 11) is -3.53. The second-order valence-electron chi connectivity index (χ2n) is 5.65. The van der Waals surface area contributed by atoms with Crippen LogP contribution in [0.4, 0.5) is 0 Å². The summed E-state index contributed by atoms with van der Waals surface area (Å²) in [5, 5.41) is 10.2. The molecule has 0 atom stereocenters. The number of aryl methyl sites for hydroxylation is 1. The zero-order valence-electron chi connectivity index (χ0n) is 11.9. The van der Waals surface area contributed by atoms with E-state index in [1.165, 1.54) is 0 Å². The van der Waals surface area contributed by atoms with Crippen molar-refractivity contribution in [2.75, 3.05) is 6.54 Å². The highest BCUT2D eigenvalue weighted by atomic mass is 32.2. The summed E-state index contributed by atoms with van der Waals surface area (Å²) >= 11 is 0. The lowest BCUT2D eigenvalue weighted by Gasteiger charge is -2.22. The van der Waals surface area contributed by atoms with Gasteiger partial charge in [0.15, 0.2) is 0 Å². The molecule has 0 aliphatic heterocycles. The number of aliphatic hydroxyl groups is 1. The molecule has 2 N–H and O–H groups in total. The summed E-state index contributed by atoms with van der Waals surface area (Å²) in [4.78, 5) is 0.263. The van der Waals surface area contributed by atoms with E-state index >= 15 is 0 Å². The van der Waals surface area contributed by atoms with E-state index in [2.05, 4.69) is 11.6 Å². The number of nitrogens with one attached hydrogen (secondary N) is 1. The lowest BCUT2D eigenvalue weighted by molar-refractivity contribution is 0.0532. The van der Waals surface area contributed by atoms with Gasteiger partial charge in [-0.2, -0.15) is 0 Å². The van der Waals surface area contributed by atoms with Crippen molar-refractivity contribution in [1.29, 1.82) is 0 Å². The Bertz CT molecular complexity index is 531. The molecule has 0 saturated heterocycles. The Morgan fingerprint density at radius 3 is 2.35 bits per heavy atom. The van der Waals surface area contributed by atoms with Crippen LogP contribution in [0.1, 0.15) is 44.6 Å². The van der Waals surface area contributed by atoms with Gasteiger partial charge in [-0.15, -0.1) is 0 Å². The second kappa shape index (κ2) is 6.24. The fourth-order valence-corrected chi connectivity index (χ4v) is 3.77. The Kier molecular flexibility index (Phi) is 4.83. The molecule has 4 nitrogen and oxygen atoms in total. The third kappa shape index (κ3) is 3.81. The van der Waals surface area contributed by atoms with E-state index in [0.29, 0.717) is 12.8 Å². The fourth-order valence-electron chi connectivity index (χ4n) is 2.65. The van der Waals surface area contributed by atoms with Gasteiger partial charge in [0, 0.05) is 6.54 Å². The van der Waals surface area contributed by atoms with E-state index in [1.807, 2.05) is 12.1 Å². The Morgan fingerprint density at radius 1 is 1.20 bits per heavy atom. The van der Waals surface area contributed by atoms with Crippen LogP contribution in [0.25, 0.3) is 0 Å². The van der Waals surface area contributed by atoms with Crippen molar-refractivity contribution >= 4 is 10.0 Å². The van der Waals surface area contributed by atoms with E-state index in [0.717, 1.165) is 31.2 Å². The average Bonchev–Trinajstić information content (AvgIpc) is 2.85. The zero-order chi connectivity index (χ0) is 14.6. The van der Waals surface area contributed by atoms with Crippen molar-refractivity contribution in [3.8, 4) is 0 Å². The minimum absolute atomic E-state index is 0.103. The highest BCUT2D eigenvalue weighted by molar-refractivity contribution is 7.89. The molecule has 0 spiro atoms. The normalized spacial score (nSPS) is 18.3. The summed E-state index contributed by atoms with van der Waals surface area (Å²) in [6, 6.07) is 6.96. The summed E-state index contributed by atoms with van der Waals surface area (Å²) < 4.78 is 26.9. The summed E-state index contributed by atoms with van der Waals surface area (Å²) in [6.45, 7) is 2.19. The lowest BCUT2D eigenvalue weighted by atomic mass is 10.0. The molecular formula is C15H23NO3S.